The predicted octanol–water partition coefficient (Wildman–Crippen LogP) is -0.957. The van der Waals surface area contributed by atoms with Crippen LogP contribution in [-0.2, 0) is 0 Å². The molecule has 36 valence electrons. The van der Waals surface area contributed by atoms with Gasteiger partial charge in [0.05, 0.1) is 0 Å². The van der Waals surface area contributed by atoms with E-state index in [1.807, 2.05) is 0 Å². The Hall–Kier alpha value is 1.35. The third-order valence-electron chi connectivity index (χ3n) is 0. The fourth-order valence-corrected chi connectivity index (χ4v) is 0. The molecule has 0 bridgehead atoms. The van der Waals surface area contributed by atoms with Crippen LogP contribution >= 0.6 is 24.0 Å². The molecule has 0 saturated carbocycles. The summed E-state index contributed by atoms with van der Waals surface area (Å²) in [5.41, 5.74) is 4.50. The summed E-state index contributed by atoms with van der Waals surface area (Å²) in [6.45, 7) is 0. The molecule has 0 spiro atoms. The molecule has 5 heteroatoms. The van der Waals surface area contributed by atoms with Gasteiger partial charge in [0, 0.05) is 0 Å². The van der Waals surface area contributed by atoms with E-state index in [2.05, 4.69) is 35.1 Å². The minimum absolute atomic E-state index is 0.292. The van der Waals surface area contributed by atoms with Crippen molar-refractivity contribution in [2.24, 2.45) is 5.73 Å². The third-order valence-corrected chi connectivity index (χ3v) is 0. The summed E-state index contributed by atoms with van der Waals surface area (Å²) in [7, 11) is 0. The van der Waals surface area contributed by atoms with Crippen molar-refractivity contribution in [3.05, 3.63) is 0 Å². The summed E-state index contributed by atoms with van der Waals surface area (Å²) in [5.74, 6) is 0. The van der Waals surface area contributed by atoms with E-state index < -0.39 is 0 Å². The Labute approximate surface area is 60.2 Å². The Morgan fingerprint density at radius 3 is 1.67 bits per heavy atom. The second-order valence-electron chi connectivity index (χ2n) is 0.264. The summed E-state index contributed by atoms with van der Waals surface area (Å²) in [4.78, 5) is 0. The number of halogens is 2. The fourth-order valence-electron chi connectivity index (χ4n) is 0. The van der Waals surface area contributed by atoms with E-state index in [9.17, 15) is 0 Å². The Kier molecular flexibility index (Phi) is 27.9. The molecule has 0 amide bonds. The van der Waals surface area contributed by atoms with Crippen LogP contribution in [-0.4, -0.2) is 25.8 Å². The monoisotopic (exact) mass is 411 g/mol. The molecule has 0 aliphatic carbocycles. The van der Waals surface area contributed by atoms with Crippen molar-refractivity contribution in [3.8, 4) is 0 Å². The molecule has 0 aromatic carbocycles. The maximum atomic E-state index is 4.50. The molecule has 0 heterocycles. The molecule has 0 atom stereocenters. The second kappa shape index (κ2) is 16.2. The third kappa shape index (κ3) is 55.5. The number of hydrogen-bond acceptors (Lipinski definition) is 0. The Bertz CT molecular complexity index is 25.5. The molecule has 0 aromatic heterocycles. The Morgan fingerprint density at radius 2 is 1.67 bits per heavy atom. The van der Waals surface area contributed by atoms with Crippen LogP contribution < -0.4 is 11.1 Å². The zero-order valence-corrected chi connectivity index (χ0v) is 10.0. The van der Waals surface area contributed by atoms with Gasteiger partial charge in [-0.3, -0.25) is 11.1 Å². The summed E-state index contributed by atoms with van der Waals surface area (Å²) in [5, 5.41) is 4.50. The van der Waals surface area contributed by atoms with E-state index in [4.69, 9.17) is 0 Å². The standard InChI is InChI=1S/CH4N2.2BrH.Pb/c2-1-3;;;/h1H,(H3,2,3);2*1H;/q;;;+2/p-1. The van der Waals surface area contributed by atoms with Crippen LogP contribution in [0.5, 0.6) is 0 Å². The quantitative estimate of drug-likeness (QED) is 0.301. The van der Waals surface area contributed by atoms with Crippen molar-refractivity contribution in [3.63, 3.8) is 0 Å². The van der Waals surface area contributed by atoms with Crippen molar-refractivity contribution in [1.82, 2.24) is 0 Å². The Balaban J connectivity index is 0. The zero-order chi connectivity index (χ0) is 5.41. The summed E-state index contributed by atoms with van der Waals surface area (Å²) in [6, 6.07) is 0. The van der Waals surface area contributed by atoms with Crippen molar-refractivity contribution < 1.29 is 5.41 Å². The molecule has 0 aliphatic rings. The first-order chi connectivity index (χ1) is 2.83. The van der Waals surface area contributed by atoms with Crippen LogP contribution in [0.4, 0.5) is 0 Å². The van der Waals surface area contributed by atoms with Crippen LogP contribution in [0.25, 0.3) is 0 Å². The van der Waals surface area contributed by atoms with Gasteiger partial charge >= 0.3 is 43.4 Å². The molecular weight excluding hydrogens is 407 g/mol. The summed E-state index contributed by atoms with van der Waals surface area (Å²) in [6.07, 6.45) is 1.00. The first kappa shape index (κ1) is 10.4. The minimum atomic E-state index is -0.292. The van der Waals surface area contributed by atoms with Crippen LogP contribution in [0.15, 0.2) is 0 Å². The van der Waals surface area contributed by atoms with Gasteiger partial charge in [-0.2, -0.15) is 0 Å². The van der Waals surface area contributed by atoms with Crippen LogP contribution in [0.2, 0.25) is 0 Å². The second-order valence-corrected chi connectivity index (χ2v) is 17.1. The maximum absolute atomic E-state index is 4.50. The van der Waals surface area contributed by atoms with Crippen LogP contribution in [0, 0.1) is 0 Å². The van der Waals surface area contributed by atoms with Crippen molar-refractivity contribution >= 4 is 49.7 Å². The van der Waals surface area contributed by atoms with Gasteiger partial charge < -0.3 is 0 Å². The fraction of sp³-hybridized carbons (Fsp3) is 0. The molecule has 0 fully saturated rings. The molecule has 0 unspecified atom stereocenters. The number of nitrogens with two attached hydrogens (primary N) is 2. The van der Waals surface area contributed by atoms with Gasteiger partial charge in [0.2, 0.25) is 6.34 Å². The first-order valence-corrected chi connectivity index (χ1v) is 17.9. The molecule has 0 aliphatic heterocycles. The van der Waals surface area contributed by atoms with Crippen molar-refractivity contribution in [1.29, 1.82) is 0 Å². The Morgan fingerprint density at radius 1 is 1.67 bits per heavy atom. The molecular formula is CH5Br2N2Pb+. The number of rotatable bonds is 0. The van der Waals surface area contributed by atoms with Gasteiger partial charge in [0.1, 0.15) is 0 Å². The summed E-state index contributed by atoms with van der Waals surface area (Å²) < 4.78 is 0. The molecule has 0 rings (SSSR count). The molecule has 0 saturated heterocycles. The number of hydrogen-bond donors (Lipinski definition) is 2. The average molecular weight is 412 g/mol. The topological polar surface area (TPSA) is 51.6 Å². The molecule has 2 radical (unpaired) electrons. The van der Waals surface area contributed by atoms with Crippen molar-refractivity contribution in [2.75, 3.05) is 0 Å². The first-order valence-electron chi connectivity index (χ1n) is 1.04. The van der Waals surface area contributed by atoms with E-state index in [1.54, 1.807) is 0 Å². The van der Waals surface area contributed by atoms with E-state index in [0.29, 0.717) is 0 Å². The van der Waals surface area contributed by atoms with E-state index >= 15 is 0 Å². The van der Waals surface area contributed by atoms with Gasteiger partial charge in [-0.05, 0) is 0 Å². The van der Waals surface area contributed by atoms with Crippen LogP contribution in [0.3, 0.4) is 0 Å². The molecule has 4 N–H and O–H groups in total. The molecule has 2 nitrogen and oxygen atoms in total. The van der Waals surface area contributed by atoms with Gasteiger partial charge in [0.15, 0.2) is 0 Å². The molecule has 6 heavy (non-hydrogen) atoms. The summed E-state index contributed by atoms with van der Waals surface area (Å²) >= 11 is 6.22. The van der Waals surface area contributed by atoms with Crippen molar-refractivity contribution in [2.45, 2.75) is 0 Å². The van der Waals surface area contributed by atoms with E-state index in [1.165, 1.54) is 0 Å². The van der Waals surface area contributed by atoms with Gasteiger partial charge in [0.25, 0.3) is 0 Å². The average Bonchev–Trinajstić information content (AvgIpc) is 1.39. The van der Waals surface area contributed by atoms with E-state index in [-0.39, 0.29) is 19.4 Å². The van der Waals surface area contributed by atoms with Gasteiger partial charge in [-0.1, -0.05) is 0 Å². The SMILES string of the molecule is NC=[NH2+].[Br][Pb][Br]. The zero-order valence-electron chi connectivity index (χ0n) is 2.99. The van der Waals surface area contributed by atoms with Crippen LogP contribution in [0.1, 0.15) is 0 Å². The van der Waals surface area contributed by atoms with Gasteiger partial charge in [-0.15, -0.1) is 0 Å². The molecule has 0 aromatic rings. The van der Waals surface area contributed by atoms with E-state index in [0.717, 1.165) is 6.34 Å². The predicted molar refractivity (Wildman–Crippen MR) is 35.8 cm³/mol. The van der Waals surface area contributed by atoms with Gasteiger partial charge in [-0.25, -0.2) is 0 Å². The normalized spacial score (nSPS) is 5.00.